The zero-order valence-corrected chi connectivity index (χ0v) is 64.6. The third kappa shape index (κ3) is 72.1. The minimum absolute atomic E-state index is 0.0722. The van der Waals surface area contributed by atoms with Crippen LogP contribution in [0, 0.1) is 0 Å². The molecule has 0 saturated carbocycles. The number of rotatable bonds is 73. The average molecular weight is 1450 g/mol. The van der Waals surface area contributed by atoms with E-state index in [1.807, 2.05) is 0 Å². The van der Waals surface area contributed by atoms with Gasteiger partial charge in [-0.2, -0.15) is 0 Å². The number of esters is 4. The first-order chi connectivity index (χ1) is 48.7. The van der Waals surface area contributed by atoms with Crippen LogP contribution in [0.15, 0.2) is 109 Å². The van der Waals surface area contributed by atoms with Crippen LogP contribution in [0.25, 0.3) is 0 Å². The lowest BCUT2D eigenvalue weighted by atomic mass is 10.0. The number of aliphatic hydroxyl groups excluding tert-OH is 1. The summed E-state index contributed by atoms with van der Waals surface area (Å²) in [4.78, 5) is 72.9. The number of carbonyl (C=O) groups excluding carboxylic acids is 4. The Bertz CT molecular complexity index is 2320. The van der Waals surface area contributed by atoms with Crippen LogP contribution in [-0.2, 0) is 65.4 Å². The van der Waals surface area contributed by atoms with E-state index in [0.717, 1.165) is 193 Å². The Morgan fingerprint density at radius 3 is 0.840 bits per heavy atom. The molecule has 576 valence electrons. The van der Waals surface area contributed by atoms with Crippen LogP contribution in [0.5, 0.6) is 0 Å². The van der Waals surface area contributed by atoms with Gasteiger partial charge in [-0.3, -0.25) is 37.3 Å². The second kappa shape index (κ2) is 73.0. The maximum absolute atomic E-state index is 13.1. The SMILES string of the molecule is CC/C=C\C/C=C\C/C=C\C/C=C\CCCCCCC(=O)OCC(COP(=O)(O)OCC(O)COP(=O)(O)OCC(COC(=O)CCCCCCCCC/C=C\C/C=C\C/C=C\CC)OC(=O)CCCCCCCCCCCCCCC)OC(=O)CCCCCCC/C=C\C/C=C\CCC. The van der Waals surface area contributed by atoms with Gasteiger partial charge in [0.1, 0.15) is 19.3 Å². The van der Waals surface area contributed by atoms with Gasteiger partial charge in [0.25, 0.3) is 0 Å². The summed E-state index contributed by atoms with van der Waals surface area (Å²) in [5.74, 6) is -2.21. The predicted molar refractivity (Wildman–Crippen MR) is 408 cm³/mol. The molecule has 0 rings (SSSR count). The predicted octanol–water partition coefficient (Wildman–Crippen LogP) is 22.6. The molecule has 5 unspecified atom stereocenters. The number of hydrogen-bond acceptors (Lipinski definition) is 15. The summed E-state index contributed by atoms with van der Waals surface area (Å²) < 4.78 is 68.5. The van der Waals surface area contributed by atoms with Gasteiger partial charge in [0, 0.05) is 25.7 Å². The van der Waals surface area contributed by atoms with E-state index < -0.39 is 97.5 Å². The van der Waals surface area contributed by atoms with Gasteiger partial charge in [0.05, 0.1) is 26.4 Å². The number of phosphoric ester groups is 2. The lowest BCUT2D eigenvalue weighted by molar-refractivity contribution is -0.161. The number of aliphatic hydroxyl groups is 1. The maximum Gasteiger partial charge on any atom is 0.472 e. The highest BCUT2D eigenvalue weighted by Crippen LogP contribution is 2.45. The van der Waals surface area contributed by atoms with Crippen molar-refractivity contribution < 1.29 is 80.2 Å². The summed E-state index contributed by atoms with van der Waals surface area (Å²) >= 11 is 0. The van der Waals surface area contributed by atoms with E-state index in [1.165, 1.54) is 51.4 Å². The largest absolute Gasteiger partial charge is 0.472 e. The van der Waals surface area contributed by atoms with E-state index in [4.69, 9.17) is 37.0 Å². The molecule has 0 saturated heterocycles. The minimum atomic E-state index is -4.98. The first-order valence-corrected chi connectivity index (χ1v) is 42.1. The molecule has 3 N–H and O–H groups in total. The molecule has 0 fully saturated rings. The number of unbranched alkanes of at least 4 members (excludes halogenated alkanes) is 29. The first kappa shape index (κ1) is 95.7. The van der Waals surface area contributed by atoms with Crippen molar-refractivity contribution in [1.82, 2.24) is 0 Å². The van der Waals surface area contributed by atoms with Crippen molar-refractivity contribution >= 4 is 39.5 Å². The molecule has 0 aliphatic rings. The fourth-order valence-electron chi connectivity index (χ4n) is 10.3. The van der Waals surface area contributed by atoms with Crippen molar-refractivity contribution in [3.63, 3.8) is 0 Å². The van der Waals surface area contributed by atoms with Crippen molar-refractivity contribution in [3.05, 3.63) is 109 Å². The molecule has 17 nitrogen and oxygen atoms in total. The Kier molecular flexibility index (Phi) is 69.9. The van der Waals surface area contributed by atoms with E-state index in [1.54, 1.807) is 0 Å². The van der Waals surface area contributed by atoms with Gasteiger partial charge in [-0.25, -0.2) is 9.13 Å². The Morgan fingerprint density at radius 1 is 0.290 bits per heavy atom. The van der Waals surface area contributed by atoms with Crippen molar-refractivity contribution in [3.8, 4) is 0 Å². The van der Waals surface area contributed by atoms with E-state index >= 15 is 0 Å². The molecule has 0 aromatic heterocycles. The monoisotopic (exact) mass is 1450 g/mol. The molecule has 19 heteroatoms. The molecular weight excluding hydrogens is 1310 g/mol. The summed E-state index contributed by atoms with van der Waals surface area (Å²) in [6, 6.07) is 0. The zero-order chi connectivity index (χ0) is 73.2. The molecule has 0 heterocycles. The van der Waals surface area contributed by atoms with Crippen LogP contribution in [-0.4, -0.2) is 96.7 Å². The first-order valence-electron chi connectivity index (χ1n) is 39.1. The fraction of sp³-hybridized carbons (Fsp3) is 0.728. The van der Waals surface area contributed by atoms with Gasteiger partial charge in [-0.1, -0.05) is 285 Å². The van der Waals surface area contributed by atoms with Gasteiger partial charge in [0.15, 0.2) is 12.2 Å². The summed E-state index contributed by atoms with van der Waals surface area (Å²) in [6.07, 6.45) is 77.8. The van der Waals surface area contributed by atoms with Crippen molar-refractivity contribution in [2.24, 2.45) is 0 Å². The molecule has 5 atom stereocenters. The topological polar surface area (TPSA) is 237 Å². The fourth-order valence-corrected chi connectivity index (χ4v) is 11.9. The molecule has 100 heavy (non-hydrogen) atoms. The smallest absolute Gasteiger partial charge is 0.462 e. The van der Waals surface area contributed by atoms with Crippen LogP contribution in [0.1, 0.15) is 323 Å². The Hall–Kier alpha value is -4.28. The molecule has 0 amide bonds. The summed E-state index contributed by atoms with van der Waals surface area (Å²) in [5.41, 5.74) is 0. The van der Waals surface area contributed by atoms with Crippen LogP contribution in [0.2, 0.25) is 0 Å². The van der Waals surface area contributed by atoms with Crippen LogP contribution in [0.3, 0.4) is 0 Å². The van der Waals surface area contributed by atoms with Crippen molar-refractivity contribution in [2.45, 2.75) is 341 Å². The lowest BCUT2D eigenvalue weighted by Gasteiger charge is -2.21. The molecule has 0 bridgehead atoms. The Balaban J connectivity index is 5.35. The van der Waals surface area contributed by atoms with Crippen LogP contribution >= 0.6 is 15.6 Å². The van der Waals surface area contributed by atoms with Crippen LogP contribution < -0.4 is 0 Å². The minimum Gasteiger partial charge on any atom is -0.462 e. The van der Waals surface area contributed by atoms with Crippen molar-refractivity contribution in [2.75, 3.05) is 39.6 Å². The summed E-state index contributed by atoms with van der Waals surface area (Å²) in [5, 5.41) is 10.6. The van der Waals surface area contributed by atoms with E-state index in [9.17, 15) is 43.2 Å². The van der Waals surface area contributed by atoms with E-state index in [-0.39, 0.29) is 25.7 Å². The van der Waals surface area contributed by atoms with Gasteiger partial charge >= 0.3 is 39.5 Å². The number of carbonyl (C=O) groups is 4. The number of allylic oxidation sites excluding steroid dienone is 18. The third-order valence-electron chi connectivity index (χ3n) is 16.2. The molecule has 0 aliphatic heterocycles. The van der Waals surface area contributed by atoms with Crippen LogP contribution in [0.4, 0.5) is 0 Å². The summed E-state index contributed by atoms with van der Waals surface area (Å²) in [7, 11) is -9.96. The molecule has 0 radical (unpaired) electrons. The number of phosphoric acid groups is 2. The quantitative estimate of drug-likeness (QED) is 0.0169. The highest BCUT2D eigenvalue weighted by Gasteiger charge is 2.30. The average Bonchev–Trinajstić information content (AvgIpc) is 0.943. The molecular formula is C81H140O17P2. The maximum atomic E-state index is 13.1. The van der Waals surface area contributed by atoms with Crippen molar-refractivity contribution in [1.29, 1.82) is 0 Å². The molecule has 0 aromatic carbocycles. The normalized spacial score (nSPS) is 14.5. The second-order valence-corrected chi connectivity index (χ2v) is 28.8. The highest BCUT2D eigenvalue weighted by atomic mass is 31.2. The van der Waals surface area contributed by atoms with Gasteiger partial charge in [-0.05, 0) is 122 Å². The zero-order valence-electron chi connectivity index (χ0n) is 62.8. The van der Waals surface area contributed by atoms with Gasteiger partial charge in [-0.15, -0.1) is 0 Å². The molecule has 0 aromatic rings. The van der Waals surface area contributed by atoms with Gasteiger partial charge in [0.2, 0.25) is 0 Å². The standard InChI is InChI=1S/C81H140O17P2/c1-5-9-13-17-21-25-29-33-35-37-39-43-45-49-53-57-61-65-78(83)91-71-76(97-80(85)67-63-59-55-51-47-41-31-27-23-19-15-11-7-3)73-95-99(87,88)93-69-75(82)70-94-100(89,90)96-74-77(98-81(86)68-64-60-56-52-48-42-32-28-24-20-16-12-8-4)72-92-79(84)66-62-58-54-50-46-44-40-38-36-34-30-26-22-18-14-10-6-2/h9-10,13-15,19,21-22,25-27,31,33-36,39,43,75-77,82H,5-8,11-12,16-18,20,23-24,28-30,32,37-38,40-42,44-74H2,1-4H3,(H,87,88)(H,89,90)/b13-9-,14-10-,19-15-,25-21-,26-22-,31-27-,35-33-,36-34-,43-39-. The van der Waals surface area contributed by atoms with E-state index in [2.05, 4.69) is 137 Å². The number of hydrogen-bond donors (Lipinski definition) is 3. The Labute approximate surface area is 607 Å². The Morgan fingerprint density at radius 2 is 0.540 bits per heavy atom. The third-order valence-corrected chi connectivity index (χ3v) is 18.1. The lowest BCUT2D eigenvalue weighted by Crippen LogP contribution is -2.30. The number of ether oxygens (including phenoxy) is 4. The van der Waals surface area contributed by atoms with E-state index in [0.29, 0.717) is 25.7 Å². The molecule has 0 spiro atoms. The second-order valence-electron chi connectivity index (χ2n) is 25.9. The summed E-state index contributed by atoms with van der Waals surface area (Å²) in [6.45, 7) is 4.56. The van der Waals surface area contributed by atoms with Gasteiger partial charge < -0.3 is 33.8 Å². The highest BCUT2D eigenvalue weighted by molar-refractivity contribution is 7.47. The molecule has 0 aliphatic carbocycles.